The molecule has 0 spiro atoms. The number of amides is 2. The summed E-state index contributed by atoms with van der Waals surface area (Å²) < 4.78 is 5.25. The number of nitrogens with zero attached hydrogens (tertiary/aromatic N) is 2. The molecule has 2 amide bonds. The van der Waals surface area contributed by atoms with Crippen LogP contribution < -0.4 is 10.6 Å². The van der Waals surface area contributed by atoms with E-state index in [1.807, 2.05) is 4.90 Å². The monoisotopic (exact) mass is 360 g/mol. The zero-order chi connectivity index (χ0) is 17.9. The largest absolute Gasteiger partial charge is 0.360 e. The van der Waals surface area contributed by atoms with E-state index in [2.05, 4.69) is 15.8 Å². The van der Waals surface area contributed by atoms with Crippen LogP contribution in [0.5, 0.6) is 0 Å². The summed E-state index contributed by atoms with van der Waals surface area (Å²) in [6, 6.07) is 1.87. The number of hydrogen-bond acceptors (Lipinski definition) is 5. The van der Waals surface area contributed by atoms with Gasteiger partial charge >= 0.3 is 0 Å². The predicted molar refractivity (Wildman–Crippen MR) is 95.8 cm³/mol. The van der Waals surface area contributed by atoms with E-state index < -0.39 is 0 Å². The van der Waals surface area contributed by atoms with Crippen LogP contribution in [0.4, 0.5) is 0 Å². The molecular formula is C19H28N4O3. The molecule has 142 valence electrons. The Bertz CT molecular complexity index is 641. The van der Waals surface area contributed by atoms with Gasteiger partial charge in [0.1, 0.15) is 5.76 Å². The van der Waals surface area contributed by atoms with Crippen molar-refractivity contribution in [2.75, 3.05) is 26.2 Å². The maximum atomic E-state index is 12.5. The fraction of sp³-hybridized carbons (Fsp3) is 0.737. The van der Waals surface area contributed by atoms with Gasteiger partial charge in [-0.3, -0.25) is 9.59 Å². The molecule has 2 saturated heterocycles. The standard InChI is InChI=1S/C19H28N4O3/c24-18(11-13-3-7-20-8-4-13)23-9-5-15(6-10-23)21-19(25)16-12-17(26-22-16)14-1-2-14/h12-15,20H,1-11H2,(H,21,25). The summed E-state index contributed by atoms with van der Waals surface area (Å²) in [5.41, 5.74) is 0.372. The van der Waals surface area contributed by atoms with Gasteiger partial charge in [0.05, 0.1) is 0 Å². The quantitative estimate of drug-likeness (QED) is 0.834. The number of aromatic nitrogens is 1. The molecule has 0 atom stereocenters. The van der Waals surface area contributed by atoms with E-state index in [-0.39, 0.29) is 17.9 Å². The first-order valence-corrected chi connectivity index (χ1v) is 9.95. The summed E-state index contributed by atoms with van der Waals surface area (Å²) in [6.07, 6.45) is 6.72. The van der Waals surface area contributed by atoms with Crippen molar-refractivity contribution >= 4 is 11.8 Å². The lowest BCUT2D eigenvalue weighted by molar-refractivity contribution is -0.133. The fourth-order valence-corrected chi connectivity index (χ4v) is 3.95. The molecule has 0 unspecified atom stereocenters. The third kappa shape index (κ3) is 4.26. The minimum Gasteiger partial charge on any atom is -0.360 e. The summed E-state index contributed by atoms with van der Waals surface area (Å²) in [6.45, 7) is 3.49. The molecule has 1 aromatic rings. The smallest absolute Gasteiger partial charge is 0.273 e. The topological polar surface area (TPSA) is 87.5 Å². The first-order chi connectivity index (χ1) is 12.7. The molecule has 3 fully saturated rings. The van der Waals surface area contributed by atoms with E-state index in [0.717, 1.165) is 70.5 Å². The summed E-state index contributed by atoms with van der Waals surface area (Å²) in [5, 5.41) is 10.3. The molecule has 3 heterocycles. The minimum atomic E-state index is -0.167. The van der Waals surface area contributed by atoms with Crippen molar-refractivity contribution < 1.29 is 14.1 Å². The Morgan fingerprint density at radius 2 is 1.88 bits per heavy atom. The second kappa shape index (κ2) is 7.78. The molecule has 7 heteroatoms. The van der Waals surface area contributed by atoms with Crippen LogP contribution >= 0.6 is 0 Å². The second-order valence-electron chi connectivity index (χ2n) is 7.91. The Hall–Kier alpha value is -1.89. The van der Waals surface area contributed by atoms with Gasteiger partial charge in [0.25, 0.3) is 5.91 Å². The maximum Gasteiger partial charge on any atom is 0.273 e. The van der Waals surface area contributed by atoms with Crippen molar-refractivity contribution in [3.63, 3.8) is 0 Å². The Kier molecular flexibility index (Phi) is 5.24. The van der Waals surface area contributed by atoms with Crippen LogP contribution in [0.2, 0.25) is 0 Å². The van der Waals surface area contributed by atoms with Crippen LogP contribution in [-0.2, 0) is 4.79 Å². The van der Waals surface area contributed by atoms with Crippen molar-refractivity contribution in [2.45, 2.75) is 56.9 Å². The van der Waals surface area contributed by atoms with Gasteiger partial charge in [-0.15, -0.1) is 0 Å². The summed E-state index contributed by atoms with van der Waals surface area (Å²) in [4.78, 5) is 26.8. The maximum absolute atomic E-state index is 12.5. The molecule has 2 N–H and O–H groups in total. The summed E-state index contributed by atoms with van der Waals surface area (Å²) in [5.74, 6) is 1.91. The first-order valence-electron chi connectivity index (χ1n) is 9.95. The highest BCUT2D eigenvalue weighted by atomic mass is 16.5. The van der Waals surface area contributed by atoms with Gasteiger partial charge in [0.15, 0.2) is 5.69 Å². The van der Waals surface area contributed by atoms with Crippen LogP contribution in [0.3, 0.4) is 0 Å². The van der Waals surface area contributed by atoms with Gasteiger partial charge in [-0.05, 0) is 57.5 Å². The van der Waals surface area contributed by atoms with Crippen LogP contribution in [0, 0.1) is 5.92 Å². The van der Waals surface area contributed by atoms with Crippen molar-refractivity contribution in [1.29, 1.82) is 0 Å². The van der Waals surface area contributed by atoms with Gasteiger partial charge in [-0.1, -0.05) is 5.16 Å². The molecule has 0 bridgehead atoms. The normalized spacial score (nSPS) is 22.4. The van der Waals surface area contributed by atoms with Crippen molar-refractivity contribution in [3.05, 3.63) is 17.5 Å². The van der Waals surface area contributed by atoms with E-state index >= 15 is 0 Å². The van der Waals surface area contributed by atoms with Crippen LogP contribution in [0.15, 0.2) is 10.6 Å². The fourth-order valence-electron chi connectivity index (χ4n) is 3.95. The number of likely N-dealkylation sites (tertiary alicyclic amines) is 1. The molecule has 1 aromatic heterocycles. The Morgan fingerprint density at radius 3 is 2.58 bits per heavy atom. The lowest BCUT2D eigenvalue weighted by Gasteiger charge is -2.33. The number of rotatable bonds is 5. The zero-order valence-electron chi connectivity index (χ0n) is 15.2. The van der Waals surface area contributed by atoms with Gasteiger partial charge in [0, 0.05) is 37.5 Å². The SMILES string of the molecule is O=C(NC1CCN(C(=O)CC2CCNCC2)CC1)c1cc(C2CC2)on1. The molecular weight excluding hydrogens is 332 g/mol. The molecule has 0 aromatic carbocycles. The second-order valence-corrected chi connectivity index (χ2v) is 7.91. The molecule has 7 nitrogen and oxygen atoms in total. The van der Waals surface area contributed by atoms with E-state index in [0.29, 0.717) is 24.0 Å². The lowest BCUT2D eigenvalue weighted by Crippen LogP contribution is -2.47. The molecule has 1 aliphatic carbocycles. The Morgan fingerprint density at radius 1 is 1.15 bits per heavy atom. The Balaban J connectivity index is 1.21. The zero-order valence-corrected chi connectivity index (χ0v) is 15.2. The van der Waals surface area contributed by atoms with Crippen molar-refractivity contribution in [1.82, 2.24) is 20.7 Å². The van der Waals surface area contributed by atoms with Crippen molar-refractivity contribution in [3.8, 4) is 0 Å². The van der Waals surface area contributed by atoms with Crippen LogP contribution in [0.1, 0.15) is 67.1 Å². The number of nitrogens with one attached hydrogen (secondary N) is 2. The highest BCUT2D eigenvalue weighted by Gasteiger charge is 2.30. The minimum absolute atomic E-state index is 0.103. The molecule has 26 heavy (non-hydrogen) atoms. The average molecular weight is 360 g/mol. The molecule has 1 saturated carbocycles. The van der Waals surface area contributed by atoms with E-state index in [9.17, 15) is 9.59 Å². The third-order valence-electron chi connectivity index (χ3n) is 5.85. The van der Waals surface area contributed by atoms with E-state index in [1.54, 1.807) is 6.07 Å². The van der Waals surface area contributed by atoms with Gasteiger partial charge in [-0.25, -0.2) is 0 Å². The van der Waals surface area contributed by atoms with Crippen LogP contribution in [-0.4, -0.2) is 54.1 Å². The molecule has 2 aliphatic heterocycles. The van der Waals surface area contributed by atoms with Gasteiger partial charge in [-0.2, -0.15) is 0 Å². The predicted octanol–water partition coefficient (Wildman–Crippen LogP) is 1.66. The lowest BCUT2D eigenvalue weighted by atomic mass is 9.93. The number of carbonyl (C=O) groups is 2. The van der Waals surface area contributed by atoms with Gasteiger partial charge in [0.2, 0.25) is 5.91 Å². The molecule has 0 radical (unpaired) electrons. The number of carbonyl (C=O) groups excluding carboxylic acids is 2. The number of piperidine rings is 2. The number of hydrogen-bond donors (Lipinski definition) is 2. The third-order valence-corrected chi connectivity index (χ3v) is 5.85. The first kappa shape index (κ1) is 17.5. The highest BCUT2D eigenvalue weighted by Crippen LogP contribution is 2.40. The van der Waals surface area contributed by atoms with Crippen LogP contribution in [0.25, 0.3) is 0 Å². The average Bonchev–Trinajstić information content (AvgIpc) is 3.39. The highest BCUT2D eigenvalue weighted by molar-refractivity contribution is 5.92. The van der Waals surface area contributed by atoms with Crippen molar-refractivity contribution in [2.24, 2.45) is 5.92 Å². The summed E-state index contributed by atoms with van der Waals surface area (Å²) in [7, 11) is 0. The molecule has 4 rings (SSSR count). The van der Waals surface area contributed by atoms with Gasteiger partial charge < -0.3 is 20.1 Å². The van der Waals surface area contributed by atoms with E-state index in [1.165, 1.54) is 0 Å². The Labute approximate surface area is 153 Å². The molecule has 3 aliphatic rings. The summed E-state index contributed by atoms with van der Waals surface area (Å²) >= 11 is 0. The van der Waals surface area contributed by atoms with E-state index in [4.69, 9.17) is 4.52 Å².